The number of carbonyl (C=O) groups is 2. The SMILES string of the molecule is C/C(=C/C(=O)Nc1ccc(C(=O)NCCCO)cc1)c1ccccc1. The summed E-state index contributed by atoms with van der Waals surface area (Å²) in [5, 5.41) is 14.2. The molecule has 0 aliphatic carbocycles. The van der Waals surface area contributed by atoms with Crippen molar-refractivity contribution in [3.8, 4) is 0 Å². The van der Waals surface area contributed by atoms with E-state index in [-0.39, 0.29) is 18.4 Å². The van der Waals surface area contributed by atoms with Crippen molar-refractivity contribution in [3.63, 3.8) is 0 Å². The zero-order valence-corrected chi connectivity index (χ0v) is 14.2. The van der Waals surface area contributed by atoms with Crippen molar-refractivity contribution in [1.29, 1.82) is 0 Å². The van der Waals surface area contributed by atoms with Crippen molar-refractivity contribution in [3.05, 3.63) is 71.8 Å². The van der Waals surface area contributed by atoms with Crippen LogP contribution in [0.5, 0.6) is 0 Å². The van der Waals surface area contributed by atoms with Crippen molar-refractivity contribution < 1.29 is 14.7 Å². The van der Waals surface area contributed by atoms with Crippen LogP contribution in [-0.4, -0.2) is 30.1 Å². The molecule has 0 heterocycles. The highest BCUT2D eigenvalue weighted by molar-refractivity contribution is 6.04. The van der Waals surface area contributed by atoms with Gasteiger partial charge in [0.25, 0.3) is 5.91 Å². The second-order valence-corrected chi connectivity index (χ2v) is 5.59. The van der Waals surface area contributed by atoms with Gasteiger partial charge < -0.3 is 15.7 Å². The number of aliphatic hydroxyl groups is 1. The predicted molar refractivity (Wildman–Crippen MR) is 99.2 cm³/mol. The summed E-state index contributed by atoms with van der Waals surface area (Å²) < 4.78 is 0. The van der Waals surface area contributed by atoms with Crippen LogP contribution in [0.4, 0.5) is 5.69 Å². The molecule has 0 unspecified atom stereocenters. The molecule has 2 rings (SSSR count). The van der Waals surface area contributed by atoms with E-state index in [0.717, 1.165) is 11.1 Å². The van der Waals surface area contributed by atoms with Gasteiger partial charge in [-0.05, 0) is 48.7 Å². The Morgan fingerprint density at radius 1 is 1.00 bits per heavy atom. The molecule has 0 fully saturated rings. The van der Waals surface area contributed by atoms with Gasteiger partial charge in [0.05, 0.1) is 0 Å². The fourth-order valence-electron chi connectivity index (χ4n) is 2.25. The van der Waals surface area contributed by atoms with Crippen LogP contribution in [0.3, 0.4) is 0 Å². The molecule has 25 heavy (non-hydrogen) atoms. The molecule has 0 spiro atoms. The maximum absolute atomic E-state index is 12.1. The van der Waals surface area contributed by atoms with E-state index >= 15 is 0 Å². The number of allylic oxidation sites excluding steroid dienone is 1. The number of hydrogen-bond acceptors (Lipinski definition) is 3. The number of amides is 2. The molecule has 0 bridgehead atoms. The summed E-state index contributed by atoms with van der Waals surface area (Å²) in [5.74, 6) is -0.423. The van der Waals surface area contributed by atoms with Gasteiger partial charge in [0.1, 0.15) is 0 Å². The van der Waals surface area contributed by atoms with Gasteiger partial charge in [0, 0.05) is 30.5 Å². The summed E-state index contributed by atoms with van der Waals surface area (Å²) in [7, 11) is 0. The predicted octanol–water partition coefficient (Wildman–Crippen LogP) is 2.84. The van der Waals surface area contributed by atoms with Gasteiger partial charge in [0.2, 0.25) is 5.91 Å². The lowest BCUT2D eigenvalue weighted by atomic mass is 10.1. The normalized spacial score (nSPS) is 11.0. The molecule has 0 saturated heterocycles. The highest BCUT2D eigenvalue weighted by Crippen LogP contribution is 2.14. The fraction of sp³-hybridized carbons (Fsp3) is 0.200. The number of benzene rings is 2. The van der Waals surface area contributed by atoms with Gasteiger partial charge >= 0.3 is 0 Å². The van der Waals surface area contributed by atoms with Crippen LogP contribution >= 0.6 is 0 Å². The summed E-state index contributed by atoms with van der Waals surface area (Å²) in [5.41, 5.74) is 2.99. The number of carbonyl (C=O) groups excluding carboxylic acids is 2. The standard InChI is InChI=1S/C20H22N2O3/c1-15(16-6-3-2-4-7-16)14-19(24)22-18-10-8-17(9-11-18)20(25)21-12-5-13-23/h2-4,6-11,14,23H,5,12-13H2,1H3,(H,21,25)(H,22,24)/b15-14-. The number of rotatable bonds is 7. The molecule has 0 aliphatic heterocycles. The molecule has 0 atom stereocenters. The Labute approximate surface area is 147 Å². The summed E-state index contributed by atoms with van der Waals surface area (Å²) in [6, 6.07) is 16.3. The van der Waals surface area contributed by atoms with Gasteiger partial charge in [-0.3, -0.25) is 9.59 Å². The Bertz CT molecular complexity index is 737. The zero-order valence-electron chi connectivity index (χ0n) is 14.2. The monoisotopic (exact) mass is 338 g/mol. The van der Waals surface area contributed by atoms with Crippen LogP contribution in [0.25, 0.3) is 5.57 Å². The maximum atomic E-state index is 12.1. The van der Waals surface area contributed by atoms with Crippen molar-refractivity contribution in [1.82, 2.24) is 5.32 Å². The van der Waals surface area contributed by atoms with Crippen LogP contribution in [0.15, 0.2) is 60.7 Å². The van der Waals surface area contributed by atoms with E-state index in [1.807, 2.05) is 37.3 Å². The molecule has 130 valence electrons. The average Bonchev–Trinajstić information content (AvgIpc) is 2.63. The van der Waals surface area contributed by atoms with E-state index in [4.69, 9.17) is 5.11 Å². The molecule has 2 aromatic carbocycles. The van der Waals surface area contributed by atoms with Crippen molar-refractivity contribution in [2.45, 2.75) is 13.3 Å². The highest BCUT2D eigenvalue weighted by atomic mass is 16.3. The van der Waals surface area contributed by atoms with E-state index in [0.29, 0.717) is 24.2 Å². The Hall–Kier alpha value is -2.92. The first-order chi connectivity index (χ1) is 12.1. The zero-order chi connectivity index (χ0) is 18.1. The quantitative estimate of drug-likeness (QED) is 0.536. The smallest absolute Gasteiger partial charge is 0.251 e. The van der Waals surface area contributed by atoms with Crippen LogP contribution in [0.2, 0.25) is 0 Å². The van der Waals surface area contributed by atoms with Crippen molar-refractivity contribution in [2.24, 2.45) is 0 Å². The molecule has 2 amide bonds. The van der Waals surface area contributed by atoms with E-state index < -0.39 is 0 Å². The first-order valence-corrected chi connectivity index (χ1v) is 8.14. The van der Waals surface area contributed by atoms with Gasteiger partial charge in [0.15, 0.2) is 0 Å². The summed E-state index contributed by atoms with van der Waals surface area (Å²) in [4.78, 5) is 24.0. The lowest BCUT2D eigenvalue weighted by Gasteiger charge is -2.07. The number of anilines is 1. The van der Waals surface area contributed by atoms with Crippen LogP contribution in [0.1, 0.15) is 29.3 Å². The van der Waals surface area contributed by atoms with E-state index in [2.05, 4.69) is 10.6 Å². The average molecular weight is 338 g/mol. The van der Waals surface area contributed by atoms with E-state index in [1.54, 1.807) is 30.3 Å². The maximum Gasteiger partial charge on any atom is 0.251 e. The molecule has 5 nitrogen and oxygen atoms in total. The minimum atomic E-state index is -0.221. The van der Waals surface area contributed by atoms with Crippen molar-refractivity contribution >= 4 is 23.1 Å². The Balaban J connectivity index is 1.94. The molecule has 3 N–H and O–H groups in total. The summed E-state index contributed by atoms with van der Waals surface area (Å²) >= 11 is 0. The number of nitrogens with one attached hydrogen (secondary N) is 2. The van der Waals surface area contributed by atoms with Gasteiger partial charge in [-0.2, -0.15) is 0 Å². The second kappa shape index (κ2) is 9.39. The summed E-state index contributed by atoms with van der Waals surface area (Å²) in [6.07, 6.45) is 2.07. The molecule has 2 aromatic rings. The molecule has 0 radical (unpaired) electrons. The molecule has 0 aliphatic rings. The topological polar surface area (TPSA) is 78.4 Å². The van der Waals surface area contributed by atoms with E-state index in [9.17, 15) is 9.59 Å². The van der Waals surface area contributed by atoms with Crippen LogP contribution in [0, 0.1) is 0 Å². The third-order valence-corrected chi connectivity index (χ3v) is 3.61. The molecular weight excluding hydrogens is 316 g/mol. The Kier molecular flexibility index (Phi) is 6.92. The largest absolute Gasteiger partial charge is 0.396 e. The van der Waals surface area contributed by atoms with Gasteiger partial charge in [-0.15, -0.1) is 0 Å². The third kappa shape index (κ3) is 5.90. The molecule has 0 saturated carbocycles. The number of hydrogen-bond donors (Lipinski definition) is 3. The van der Waals surface area contributed by atoms with Crippen LogP contribution in [-0.2, 0) is 4.79 Å². The lowest BCUT2D eigenvalue weighted by molar-refractivity contribution is -0.111. The molecule has 0 aromatic heterocycles. The first-order valence-electron chi connectivity index (χ1n) is 8.14. The highest BCUT2D eigenvalue weighted by Gasteiger charge is 2.06. The van der Waals surface area contributed by atoms with Gasteiger partial charge in [-0.25, -0.2) is 0 Å². The van der Waals surface area contributed by atoms with Gasteiger partial charge in [-0.1, -0.05) is 30.3 Å². The minimum absolute atomic E-state index is 0.0428. The Morgan fingerprint density at radius 2 is 1.68 bits per heavy atom. The van der Waals surface area contributed by atoms with Crippen molar-refractivity contribution in [2.75, 3.05) is 18.5 Å². The minimum Gasteiger partial charge on any atom is -0.396 e. The Morgan fingerprint density at radius 3 is 2.32 bits per heavy atom. The first kappa shape index (κ1) is 18.4. The third-order valence-electron chi connectivity index (χ3n) is 3.61. The molecule has 5 heteroatoms. The van der Waals surface area contributed by atoms with Crippen LogP contribution < -0.4 is 10.6 Å². The van der Waals surface area contributed by atoms with E-state index in [1.165, 1.54) is 0 Å². The lowest BCUT2D eigenvalue weighted by Crippen LogP contribution is -2.24. The fourth-order valence-corrected chi connectivity index (χ4v) is 2.25. The summed E-state index contributed by atoms with van der Waals surface area (Å²) in [6.45, 7) is 2.35. The molecular formula is C20H22N2O3. The number of aliphatic hydroxyl groups excluding tert-OH is 1. The second-order valence-electron chi connectivity index (χ2n) is 5.59.